The summed E-state index contributed by atoms with van der Waals surface area (Å²) in [4.78, 5) is 8.84. The fraction of sp³-hybridized carbons (Fsp3) is 0.185. The van der Waals surface area contributed by atoms with E-state index in [0.29, 0.717) is 18.3 Å². The molecule has 0 bridgehead atoms. The van der Waals surface area contributed by atoms with Crippen molar-refractivity contribution < 1.29 is 9.15 Å². The summed E-state index contributed by atoms with van der Waals surface area (Å²) in [5, 5.41) is 9.75. The molecule has 7 nitrogen and oxygen atoms in total. The number of hydrogen-bond donors (Lipinski definition) is 0. The maximum absolute atomic E-state index is 5.80. The standard InChI is InChI=1S/C27H25N5O2S/c1-4-33-23-8-6-22(7-9-23)32-25(20-11-13-28-14-12-20)30-31-27(32)35-17-21-16-34-26(29-21)24-10-5-18(2)15-19(24)3/h5-16H,4,17H2,1-3H3. The summed E-state index contributed by atoms with van der Waals surface area (Å²) in [7, 11) is 0. The first-order chi connectivity index (χ1) is 17.1. The van der Waals surface area contributed by atoms with Crippen LogP contribution in [0.2, 0.25) is 0 Å². The second-order valence-corrected chi connectivity index (χ2v) is 9.00. The second-order valence-electron chi connectivity index (χ2n) is 8.06. The van der Waals surface area contributed by atoms with Gasteiger partial charge in [0.1, 0.15) is 12.0 Å². The van der Waals surface area contributed by atoms with Gasteiger partial charge in [-0.3, -0.25) is 9.55 Å². The highest BCUT2D eigenvalue weighted by atomic mass is 32.2. The molecule has 0 fully saturated rings. The fourth-order valence-corrected chi connectivity index (χ4v) is 4.66. The van der Waals surface area contributed by atoms with Gasteiger partial charge in [0.25, 0.3) is 0 Å². The van der Waals surface area contributed by atoms with Crippen LogP contribution in [0.15, 0.2) is 82.8 Å². The Kier molecular flexibility index (Phi) is 6.63. The minimum atomic E-state index is 0.597. The Hall–Kier alpha value is -3.91. The Labute approximate surface area is 208 Å². The summed E-state index contributed by atoms with van der Waals surface area (Å²) in [6, 6.07) is 18.0. The van der Waals surface area contributed by atoms with Crippen LogP contribution in [0.1, 0.15) is 23.7 Å². The van der Waals surface area contributed by atoms with E-state index in [1.54, 1.807) is 30.4 Å². The van der Waals surface area contributed by atoms with Crippen molar-refractivity contribution in [1.82, 2.24) is 24.7 Å². The number of thioether (sulfide) groups is 1. The minimum Gasteiger partial charge on any atom is -0.494 e. The van der Waals surface area contributed by atoms with Crippen molar-refractivity contribution in [3.63, 3.8) is 0 Å². The summed E-state index contributed by atoms with van der Waals surface area (Å²) in [6.45, 7) is 6.74. The molecule has 0 aliphatic carbocycles. The Balaban J connectivity index is 1.43. The van der Waals surface area contributed by atoms with E-state index in [2.05, 4.69) is 47.2 Å². The number of ether oxygens (including phenoxy) is 1. The molecule has 0 N–H and O–H groups in total. The molecule has 176 valence electrons. The predicted molar refractivity (Wildman–Crippen MR) is 137 cm³/mol. The van der Waals surface area contributed by atoms with Gasteiger partial charge in [0.2, 0.25) is 5.89 Å². The van der Waals surface area contributed by atoms with Gasteiger partial charge in [0, 0.05) is 35.0 Å². The van der Waals surface area contributed by atoms with Gasteiger partial charge >= 0.3 is 0 Å². The lowest BCUT2D eigenvalue weighted by Crippen LogP contribution is -2.00. The molecule has 3 heterocycles. The van der Waals surface area contributed by atoms with Crippen molar-refractivity contribution in [3.8, 4) is 34.3 Å². The fourth-order valence-electron chi connectivity index (χ4n) is 3.83. The van der Waals surface area contributed by atoms with Crippen LogP contribution in [0, 0.1) is 13.8 Å². The SMILES string of the molecule is CCOc1ccc(-n2c(SCc3coc(-c4ccc(C)cc4C)n3)nnc2-c2ccncc2)cc1. The van der Waals surface area contributed by atoms with E-state index in [1.165, 1.54) is 5.56 Å². The van der Waals surface area contributed by atoms with E-state index >= 15 is 0 Å². The molecule has 0 unspecified atom stereocenters. The quantitative estimate of drug-likeness (QED) is 0.240. The number of aryl methyl sites for hydroxylation is 2. The Morgan fingerprint density at radius 2 is 1.77 bits per heavy atom. The molecule has 2 aromatic carbocycles. The van der Waals surface area contributed by atoms with E-state index in [0.717, 1.165) is 44.8 Å². The van der Waals surface area contributed by atoms with Crippen molar-refractivity contribution in [2.75, 3.05) is 6.61 Å². The molecular weight excluding hydrogens is 458 g/mol. The van der Waals surface area contributed by atoms with Gasteiger partial charge in [-0.15, -0.1) is 10.2 Å². The third-order valence-corrected chi connectivity index (χ3v) is 6.45. The number of hydrogen-bond acceptors (Lipinski definition) is 7. The summed E-state index contributed by atoms with van der Waals surface area (Å²) < 4.78 is 13.4. The van der Waals surface area contributed by atoms with Gasteiger partial charge in [-0.2, -0.15) is 0 Å². The number of nitrogens with zero attached hydrogens (tertiary/aromatic N) is 5. The lowest BCUT2D eigenvalue weighted by atomic mass is 10.1. The van der Waals surface area contributed by atoms with Crippen LogP contribution in [0.25, 0.3) is 28.5 Å². The van der Waals surface area contributed by atoms with Crippen LogP contribution in [-0.4, -0.2) is 31.3 Å². The van der Waals surface area contributed by atoms with E-state index in [1.807, 2.05) is 47.9 Å². The largest absolute Gasteiger partial charge is 0.494 e. The first kappa shape index (κ1) is 22.9. The van der Waals surface area contributed by atoms with Gasteiger partial charge in [0.05, 0.1) is 12.3 Å². The van der Waals surface area contributed by atoms with Gasteiger partial charge in [-0.25, -0.2) is 4.98 Å². The highest BCUT2D eigenvalue weighted by Gasteiger charge is 2.18. The molecular formula is C27H25N5O2S. The second kappa shape index (κ2) is 10.1. The summed E-state index contributed by atoms with van der Waals surface area (Å²) in [5.74, 6) is 2.80. The van der Waals surface area contributed by atoms with Crippen LogP contribution in [-0.2, 0) is 5.75 Å². The zero-order valence-corrected chi connectivity index (χ0v) is 20.6. The Morgan fingerprint density at radius 3 is 2.51 bits per heavy atom. The van der Waals surface area contributed by atoms with Crippen molar-refractivity contribution in [3.05, 3.63) is 90.1 Å². The first-order valence-corrected chi connectivity index (χ1v) is 12.3. The lowest BCUT2D eigenvalue weighted by molar-refractivity contribution is 0.340. The molecule has 0 aliphatic rings. The monoisotopic (exact) mass is 483 g/mol. The predicted octanol–water partition coefficient (Wildman–Crippen LogP) is 6.29. The minimum absolute atomic E-state index is 0.597. The highest BCUT2D eigenvalue weighted by Crippen LogP contribution is 2.31. The van der Waals surface area contributed by atoms with Crippen molar-refractivity contribution >= 4 is 11.8 Å². The number of benzene rings is 2. The lowest BCUT2D eigenvalue weighted by Gasteiger charge is -2.11. The summed E-state index contributed by atoms with van der Waals surface area (Å²) >= 11 is 1.56. The molecule has 0 saturated heterocycles. The van der Waals surface area contributed by atoms with Gasteiger partial charge < -0.3 is 9.15 Å². The average Bonchev–Trinajstić information content (AvgIpc) is 3.51. The summed E-state index contributed by atoms with van der Waals surface area (Å²) in [5.41, 5.74) is 6.09. The molecule has 0 amide bonds. The molecule has 0 radical (unpaired) electrons. The van der Waals surface area contributed by atoms with Crippen LogP contribution >= 0.6 is 11.8 Å². The van der Waals surface area contributed by atoms with Crippen molar-refractivity contribution in [1.29, 1.82) is 0 Å². The Morgan fingerprint density at radius 1 is 0.971 bits per heavy atom. The van der Waals surface area contributed by atoms with E-state index in [4.69, 9.17) is 14.1 Å². The molecule has 3 aromatic heterocycles. The normalized spacial score (nSPS) is 11.1. The maximum Gasteiger partial charge on any atom is 0.226 e. The van der Waals surface area contributed by atoms with Crippen LogP contribution in [0.5, 0.6) is 5.75 Å². The van der Waals surface area contributed by atoms with E-state index < -0.39 is 0 Å². The topological polar surface area (TPSA) is 78.9 Å². The van der Waals surface area contributed by atoms with Crippen molar-refractivity contribution in [2.24, 2.45) is 0 Å². The molecule has 5 aromatic rings. The number of oxazole rings is 1. The number of aromatic nitrogens is 5. The first-order valence-electron chi connectivity index (χ1n) is 11.4. The van der Waals surface area contributed by atoms with Crippen LogP contribution in [0.4, 0.5) is 0 Å². The number of rotatable bonds is 8. The Bertz CT molecular complexity index is 1430. The highest BCUT2D eigenvalue weighted by molar-refractivity contribution is 7.98. The number of pyridine rings is 1. The smallest absolute Gasteiger partial charge is 0.226 e. The zero-order valence-electron chi connectivity index (χ0n) is 19.8. The zero-order chi connectivity index (χ0) is 24.2. The molecule has 0 aliphatic heterocycles. The van der Waals surface area contributed by atoms with Gasteiger partial charge in [-0.05, 0) is 68.8 Å². The maximum atomic E-state index is 5.80. The van der Waals surface area contributed by atoms with E-state index in [9.17, 15) is 0 Å². The van der Waals surface area contributed by atoms with Crippen molar-refractivity contribution in [2.45, 2.75) is 31.7 Å². The molecule has 35 heavy (non-hydrogen) atoms. The third-order valence-electron chi connectivity index (χ3n) is 5.49. The molecule has 5 rings (SSSR count). The molecule has 0 saturated carbocycles. The summed E-state index contributed by atoms with van der Waals surface area (Å²) in [6.07, 6.45) is 5.22. The van der Waals surface area contributed by atoms with Crippen LogP contribution in [0.3, 0.4) is 0 Å². The molecule has 8 heteroatoms. The third kappa shape index (κ3) is 4.97. The van der Waals surface area contributed by atoms with E-state index in [-0.39, 0.29) is 0 Å². The van der Waals surface area contributed by atoms with Crippen LogP contribution < -0.4 is 4.74 Å². The molecule has 0 atom stereocenters. The van der Waals surface area contributed by atoms with Gasteiger partial charge in [0.15, 0.2) is 11.0 Å². The van der Waals surface area contributed by atoms with Gasteiger partial charge in [-0.1, -0.05) is 29.5 Å². The molecule has 0 spiro atoms. The average molecular weight is 484 g/mol.